The molecule has 0 saturated carbocycles. The van der Waals surface area contributed by atoms with E-state index in [9.17, 15) is 4.39 Å². The summed E-state index contributed by atoms with van der Waals surface area (Å²) in [7, 11) is 0. The fourth-order valence-corrected chi connectivity index (χ4v) is 3.05. The van der Waals surface area contributed by atoms with Crippen molar-refractivity contribution in [2.45, 2.75) is 5.92 Å². The molecule has 0 fully saturated rings. The minimum atomic E-state index is -0.218. The molecule has 0 radical (unpaired) electrons. The molecule has 0 aromatic heterocycles. The molecule has 0 spiro atoms. The Kier molecular flexibility index (Phi) is 4.17. The molecule has 3 aromatic rings. The van der Waals surface area contributed by atoms with Crippen molar-refractivity contribution < 1.29 is 4.39 Å². The first-order valence-corrected chi connectivity index (χ1v) is 8.28. The van der Waals surface area contributed by atoms with Crippen LogP contribution in [-0.4, -0.2) is 12.3 Å². The van der Waals surface area contributed by atoms with Crippen molar-refractivity contribution >= 4 is 17.1 Å². The van der Waals surface area contributed by atoms with E-state index < -0.39 is 0 Å². The molecule has 2 N–H and O–H groups in total. The summed E-state index contributed by atoms with van der Waals surface area (Å²) < 4.78 is 13.2. The maximum Gasteiger partial charge on any atom is 0.123 e. The van der Waals surface area contributed by atoms with Gasteiger partial charge in [0.05, 0.1) is 5.71 Å². The Morgan fingerprint density at radius 2 is 1.52 bits per heavy atom. The Bertz CT molecular complexity index is 871. The number of hydrogen-bond donors (Lipinski definition) is 2. The molecular formula is C21H18FN3. The Hall–Kier alpha value is -3.14. The average molecular weight is 331 g/mol. The molecule has 1 aliphatic rings. The van der Waals surface area contributed by atoms with E-state index >= 15 is 0 Å². The summed E-state index contributed by atoms with van der Waals surface area (Å²) in [5.41, 5.74) is 8.27. The topological polar surface area (TPSA) is 36.4 Å². The predicted octanol–water partition coefficient (Wildman–Crippen LogP) is 4.66. The van der Waals surface area contributed by atoms with Gasteiger partial charge in [0.15, 0.2) is 0 Å². The Morgan fingerprint density at radius 3 is 2.24 bits per heavy atom. The van der Waals surface area contributed by atoms with Crippen LogP contribution in [0, 0.1) is 5.82 Å². The highest BCUT2D eigenvalue weighted by Gasteiger charge is 2.24. The van der Waals surface area contributed by atoms with Crippen LogP contribution in [0.15, 0.2) is 84.0 Å². The Morgan fingerprint density at radius 1 is 0.840 bits per heavy atom. The van der Waals surface area contributed by atoms with Crippen LogP contribution < -0.4 is 10.7 Å². The maximum atomic E-state index is 13.2. The number of hydrogen-bond acceptors (Lipinski definition) is 3. The van der Waals surface area contributed by atoms with Crippen LogP contribution in [0.1, 0.15) is 17.0 Å². The lowest BCUT2D eigenvalue weighted by Crippen LogP contribution is -2.14. The van der Waals surface area contributed by atoms with Gasteiger partial charge in [-0.2, -0.15) is 5.10 Å². The highest BCUT2D eigenvalue weighted by atomic mass is 19.1. The third-order valence-corrected chi connectivity index (χ3v) is 4.34. The van der Waals surface area contributed by atoms with Gasteiger partial charge in [0.1, 0.15) is 5.82 Å². The molecule has 1 atom stereocenters. The molecular weight excluding hydrogens is 313 g/mol. The largest absolute Gasteiger partial charge is 0.356 e. The quantitative estimate of drug-likeness (QED) is 0.729. The summed E-state index contributed by atoms with van der Waals surface area (Å²) in [4.78, 5) is 0. The summed E-state index contributed by atoms with van der Waals surface area (Å²) in [6.45, 7) is 0.727. The monoisotopic (exact) mass is 331 g/mol. The van der Waals surface area contributed by atoms with Gasteiger partial charge in [0.2, 0.25) is 0 Å². The molecule has 0 amide bonds. The van der Waals surface area contributed by atoms with Crippen molar-refractivity contribution in [2.75, 3.05) is 11.9 Å². The minimum absolute atomic E-state index is 0.133. The van der Waals surface area contributed by atoms with Crippen molar-refractivity contribution in [1.29, 1.82) is 0 Å². The zero-order chi connectivity index (χ0) is 17.1. The fourth-order valence-electron chi connectivity index (χ4n) is 3.05. The van der Waals surface area contributed by atoms with E-state index in [-0.39, 0.29) is 11.7 Å². The van der Waals surface area contributed by atoms with Crippen molar-refractivity contribution in [3.8, 4) is 0 Å². The van der Waals surface area contributed by atoms with Crippen LogP contribution in [0.25, 0.3) is 0 Å². The van der Waals surface area contributed by atoms with Gasteiger partial charge < -0.3 is 10.7 Å². The van der Waals surface area contributed by atoms with E-state index in [1.165, 1.54) is 12.1 Å². The summed E-state index contributed by atoms with van der Waals surface area (Å²) in [5, 5.41) is 7.83. The summed E-state index contributed by atoms with van der Waals surface area (Å²) in [6, 6.07) is 24.9. The number of rotatable bonds is 4. The SMILES string of the molecule is Fc1ccc(C2CNN=C2c2ccc(Nc3ccccc3)cc2)cc1. The number of benzene rings is 3. The first-order valence-electron chi connectivity index (χ1n) is 8.28. The van der Waals surface area contributed by atoms with E-state index in [2.05, 4.69) is 28.0 Å². The first kappa shape index (κ1) is 15.4. The van der Waals surface area contributed by atoms with Crippen LogP contribution in [0.3, 0.4) is 0 Å². The van der Waals surface area contributed by atoms with Crippen molar-refractivity contribution in [1.82, 2.24) is 5.43 Å². The lowest BCUT2D eigenvalue weighted by Gasteiger charge is -2.13. The molecule has 124 valence electrons. The highest BCUT2D eigenvalue weighted by molar-refractivity contribution is 6.06. The van der Waals surface area contributed by atoms with E-state index in [0.29, 0.717) is 0 Å². The number of halogens is 1. The van der Waals surface area contributed by atoms with Gasteiger partial charge in [-0.3, -0.25) is 0 Å². The third kappa shape index (κ3) is 3.38. The second kappa shape index (κ2) is 6.77. The molecule has 3 nitrogen and oxygen atoms in total. The van der Waals surface area contributed by atoms with E-state index in [1.807, 2.05) is 54.6 Å². The minimum Gasteiger partial charge on any atom is -0.356 e. The molecule has 25 heavy (non-hydrogen) atoms. The van der Waals surface area contributed by atoms with Crippen molar-refractivity contribution in [2.24, 2.45) is 5.10 Å². The molecule has 3 aromatic carbocycles. The van der Waals surface area contributed by atoms with Gasteiger partial charge in [-0.25, -0.2) is 4.39 Å². The molecule has 0 aliphatic carbocycles. The number of anilines is 2. The number of nitrogens with one attached hydrogen (secondary N) is 2. The number of nitrogens with zero attached hydrogens (tertiary/aromatic N) is 1. The number of hydrazone groups is 1. The van der Waals surface area contributed by atoms with Gasteiger partial charge in [-0.1, -0.05) is 42.5 Å². The zero-order valence-corrected chi connectivity index (χ0v) is 13.6. The fraction of sp³-hybridized carbons (Fsp3) is 0.0952. The molecule has 4 rings (SSSR count). The lowest BCUT2D eigenvalue weighted by atomic mass is 9.91. The summed E-state index contributed by atoms with van der Waals surface area (Å²) in [6.07, 6.45) is 0. The van der Waals surface area contributed by atoms with Gasteiger partial charge in [0, 0.05) is 23.8 Å². The van der Waals surface area contributed by atoms with Crippen LogP contribution in [0.5, 0.6) is 0 Å². The van der Waals surface area contributed by atoms with Crippen LogP contribution in [-0.2, 0) is 0 Å². The molecule has 0 saturated heterocycles. The summed E-state index contributed by atoms with van der Waals surface area (Å²) >= 11 is 0. The van der Waals surface area contributed by atoms with Gasteiger partial charge in [0.25, 0.3) is 0 Å². The zero-order valence-electron chi connectivity index (χ0n) is 13.6. The molecule has 4 heteroatoms. The van der Waals surface area contributed by atoms with Gasteiger partial charge >= 0.3 is 0 Å². The van der Waals surface area contributed by atoms with Crippen molar-refractivity contribution in [3.05, 3.63) is 95.8 Å². The molecule has 1 unspecified atom stereocenters. The van der Waals surface area contributed by atoms with Gasteiger partial charge in [-0.15, -0.1) is 0 Å². The second-order valence-electron chi connectivity index (χ2n) is 6.03. The van der Waals surface area contributed by atoms with Crippen LogP contribution >= 0.6 is 0 Å². The number of para-hydroxylation sites is 1. The standard InChI is InChI=1S/C21H18FN3/c22-17-10-6-15(7-11-17)20-14-23-25-21(20)16-8-12-19(13-9-16)24-18-4-2-1-3-5-18/h1-13,20,23-24H,14H2. The Balaban J connectivity index is 1.54. The summed E-state index contributed by atoms with van der Waals surface area (Å²) in [5.74, 6) is -0.0851. The maximum absolute atomic E-state index is 13.2. The molecule has 0 bridgehead atoms. The first-order chi connectivity index (χ1) is 12.3. The molecule has 1 heterocycles. The highest BCUT2D eigenvalue weighted by Crippen LogP contribution is 2.26. The van der Waals surface area contributed by atoms with E-state index in [0.717, 1.165) is 34.8 Å². The third-order valence-electron chi connectivity index (χ3n) is 4.34. The van der Waals surface area contributed by atoms with Crippen molar-refractivity contribution in [3.63, 3.8) is 0 Å². The van der Waals surface area contributed by atoms with E-state index in [4.69, 9.17) is 0 Å². The predicted molar refractivity (Wildman–Crippen MR) is 99.8 cm³/mol. The second-order valence-corrected chi connectivity index (χ2v) is 6.03. The lowest BCUT2D eigenvalue weighted by molar-refractivity contribution is 0.626. The van der Waals surface area contributed by atoms with Crippen LogP contribution in [0.2, 0.25) is 0 Å². The smallest absolute Gasteiger partial charge is 0.123 e. The van der Waals surface area contributed by atoms with E-state index in [1.54, 1.807) is 0 Å². The average Bonchev–Trinajstić information content (AvgIpc) is 3.14. The van der Waals surface area contributed by atoms with Crippen LogP contribution in [0.4, 0.5) is 15.8 Å². The normalized spacial score (nSPS) is 16.2. The van der Waals surface area contributed by atoms with Gasteiger partial charge in [-0.05, 0) is 47.5 Å². The Labute approximate surface area is 146 Å². The molecule has 1 aliphatic heterocycles.